The Labute approximate surface area is 179 Å². The molecule has 2 aromatic carbocycles. The molecule has 7 heteroatoms. The SMILES string of the molecule is CCCC1=NN2C(=N)/C(=C\c3ccc(O[C@@H](C)c4ccccc4)cc3)C(=O)N=C2S1. The number of benzene rings is 2. The number of rotatable bonds is 6. The van der Waals surface area contributed by atoms with Gasteiger partial charge in [-0.05, 0) is 60.9 Å². The molecular formula is C23H22N4O2S. The van der Waals surface area contributed by atoms with Crippen LogP contribution in [0.5, 0.6) is 5.75 Å². The first-order valence-corrected chi connectivity index (χ1v) is 10.7. The summed E-state index contributed by atoms with van der Waals surface area (Å²) in [4.78, 5) is 16.6. The molecule has 30 heavy (non-hydrogen) atoms. The minimum atomic E-state index is -0.412. The Morgan fingerprint density at radius 1 is 1.17 bits per heavy atom. The molecule has 1 N–H and O–H groups in total. The van der Waals surface area contributed by atoms with Gasteiger partial charge in [0.2, 0.25) is 5.17 Å². The van der Waals surface area contributed by atoms with Gasteiger partial charge in [-0.25, -0.2) is 0 Å². The lowest BCUT2D eigenvalue weighted by Crippen LogP contribution is -2.35. The van der Waals surface area contributed by atoms with E-state index in [4.69, 9.17) is 10.1 Å². The maximum Gasteiger partial charge on any atom is 0.283 e. The fourth-order valence-electron chi connectivity index (χ4n) is 3.15. The highest BCUT2D eigenvalue weighted by Crippen LogP contribution is 2.30. The fourth-order valence-corrected chi connectivity index (χ4v) is 4.14. The van der Waals surface area contributed by atoms with Crippen LogP contribution in [0, 0.1) is 5.41 Å². The number of carbonyl (C=O) groups is 1. The van der Waals surface area contributed by atoms with Gasteiger partial charge in [0.1, 0.15) is 16.9 Å². The predicted octanol–water partition coefficient (Wildman–Crippen LogP) is 5.25. The molecule has 0 fully saturated rings. The van der Waals surface area contributed by atoms with E-state index in [1.165, 1.54) is 16.8 Å². The van der Waals surface area contributed by atoms with E-state index in [0.29, 0.717) is 5.17 Å². The molecule has 0 saturated heterocycles. The van der Waals surface area contributed by atoms with E-state index >= 15 is 0 Å². The molecule has 0 radical (unpaired) electrons. The van der Waals surface area contributed by atoms with Crippen LogP contribution in [0.1, 0.15) is 43.9 Å². The predicted molar refractivity (Wildman–Crippen MR) is 122 cm³/mol. The Morgan fingerprint density at radius 3 is 2.60 bits per heavy atom. The van der Waals surface area contributed by atoms with Gasteiger partial charge in [0.25, 0.3) is 5.91 Å². The number of ether oxygens (including phenoxy) is 1. The number of aliphatic imine (C=N–C) groups is 1. The second-order valence-electron chi connectivity index (χ2n) is 7.00. The minimum absolute atomic E-state index is 0.0571. The third-order valence-corrected chi connectivity index (χ3v) is 5.70. The molecule has 2 heterocycles. The summed E-state index contributed by atoms with van der Waals surface area (Å²) in [6, 6.07) is 17.5. The summed E-state index contributed by atoms with van der Waals surface area (Å²) in [5, 5.41) is 15.6. The molecule has 0 unspecified atom stereocenters. The zero-order valence-electron chi connectivity index (χ0n) is 16.8. The molecule has 2 aromatic rings. The van der Waals surface area contributed by atoms with Crippen LogP contribution >= 0.6 is 11.8 Å². The number of carbonyl (C=O) groups excluding carboxylic acids is 1. The second kappa shape index (κ2) is 8.67. The topological polar surface area (TPSA) is 78.1 Å². The molecular weight excluding hydrogens is 396 g/mol. The van der Waals surface area contributed by atoms with Crippen molar-refractivity contribution in [1.29, 1.82) is 5.41 Å². The van der Waals surface area contributed by atoms with Crippen LogP contribution in [0.15, 0.2) is 70.3 Å². The van der Waals surface area contributed by atoms with Crippen LogP contribution < -0.4 is 4.74 Å². The Balaban J connectivity index is 1.50. The lowest BCUT2D eigenvalue weighted by atomic mass is 10.1. The summed E-state index contributed by atoms with van der Waals surface area (Å²) >= 11 is 1.36. The molecule has 0 aromatic heterocycles. The fraction of sp³-hybridized carbons (Fsp3) is 0.217. The van der Waals surface area contributed by atoms with Gasteiger partial charge < -0.3 is 4.74 Å². The molecule has 2 aliphatic rings. The molecule has 1 atom stereocenters. The number of nitrogens with zero attached hydrogens (tertiary/aromatic N) is 3. The summed E-state index contributed by atoms with van der Waals surface area (Å²) in [6.45, 7) is 4.07. The molecule has 152 valence electrons. The van der Waals surface area contributed by atoms with Crippen LogP contribution in [-0.2, 0) is 4.79 Å². The standard InChI is InChI=1S/C23H22N4O2S/c1-3-7-20-26-27-21(24)19(22(28)25-23(27)30-20)14-16-10-12-18(13-11-16)29-15(2)17-8-5-4-6-9-17/h4-6,8-15,24H,3,7H2,1-2H3/b19-14+,24-21?/t15-/m0/s1. The van der Waals surface area contributed by atoms with E-state index in [0.717, 1.165) is 34.8 Å². The highest BCUT2D eigenvalue weighted by molar-refractivity contribution is 8.26. The van der Waals surface area contributed by atoms with Crippen molar-refractivity contribution in [2.24, 2.45) is 10.1 Å². The van der Waals surface area contributed by atoms with Crippen molar-refractivity contribution < 1.29 is 9.53 Å². The number of hydrogen-bond donors (Lipinski definition) is 1. The highest BCUT2D eigenvalue weighted by Gasteiger charge is 2.35. The molecule has 4 rings (SSSR count). The van der Waals surface area contributed by atoms with E-state index in [9.17, 15) is 4.79 Å². The van der Waals surface area contributed by atoms with E-state index < -0.39 is 5.91 Å². The average molecular weight is 419 g/mol. The lowest BCUT2D eigenvalue weighted by molar-refractivity contribution is -0.114. The van der Waals surface area contributed by atoms with Crippen molar-refractivity contribution >= 4 is 39.8 Å². The van der Waals surface area contributed by atoms with Crippen molar-refractivity contribution in [3.8, 4) is 5.75 Å². The van der Waals surface area contributed by atoms with Crippen molar-refractivity contribution in [2.75, 3.05) is 0 Å². The average Bonchev–Trinajstić information content (AvgIpc) is 3.16. The molecule has 0 bridgehead atoms. The van der Waals surface area contributed by atoms with Crippen LogP contribution in [0.2, 0.25) is 0 Å². The first-order chi connectivity index (χ1) is 14.5. The number of amides is 1. The second-order valence-corrected chi connectivity index (χ2v) is 8.04. The highest BCUT2D eigenvalue weighted by atomic mass is 32.2. The van der Waals surface area contributed by atoms with E-state index in [1.807, 2.05) is 61.5 Å². The Bertz CT molecular complexity index is 1060. The molecule has 1 amide bonds. The first-order valence-electron chi connectivity index (χ1n) is 9.86. The van der Waals surface area contributed by atoms with Crippen molar-refractivity contribution in [1.82, 2.24) is 5.01 Å². The zero-order chi connectivity index (χ0) is 21.1. The van der Waals surface area contributed by atoms with Gasteiger partial charge in [-0.2, -0.15) is 15.1 Å². The summed E-state index contributed by atoms with van der Waals surface area (Å²) in [6.07, 6.45) is 3.37. The molecule has 0 saturated carbocycles. The smallest absolute Gasteiger partial charge is 0.283 e. The Kier molecular flexibility index (Phi) is 5.81. The molecule has 0 spiro atoms. The van der Waals surface area contributed by atoms with Gasteiger partial charge in [-0.15, -0.1) is 0 Å². The molecule has 2 aliphatic heterocycles. The van der Waals surface area contributed by atoms with Gasteiger partial charge in [0, 0.05) is 0 Å². The third-order valence-electron chi connectivity index (χ3n) is 4.73. The Morgan fingerprint density at radius 2 is 1.90 bits per heavy atom. The summed E-state index contributed by atoms with van der Waals surface area (Å²) < 4.78 is 6.00. The van der Waals surface area contributed by atoms with Gasteiger partial charge in [0.05, 0.1) is 5.57 Å². The number of nitrogens with one attached hydrogen (secondary N) is 1. The number of hydrogen-bond acceptors (Lipinski definition) is 5. The van der Waals surface area contributed by atoms with E-state index in [-0.39, 0.29) is 17.5 Å². The van der Waals surface area contributed by atoms with E-state index in [2.05, 4.69) is 17.0 Å². The lowest BCUT2D eigenvalue weighted by Gasteiger charge is -2.20. The summed E-state index contributed by atoms with van der Waals surface area (Å²) in [7, 11) is 0. The van der Waals surface area contributed by atoms with E-state index in [1.54, 1.807) is 6.08 Å². The van der Waals surface area contributed by atoms with Gasteiger partial charge in [-0.3, -0.25) is 10.2 Å². The van der Waals surface area contributed by atoms with Crippen molar-refractivity contribution in [3.05, 3.63) is 71.3 Å². The van der Waals surface area contributed by atoms with Gasteiger partial charge in [-0.1, -0.05) is 49.4 Å². The molecule has 0 aliphatic carbocycles. The Hall–Kier alpha value is -3.19. The number of amidine groups is 2. The maximum absolute atomic E-state index is 12.5. The molecule has 6 nitrogen and oxygen atoms in total. The van der Waals surface area contributed by atoms with Crippen LogP contribution in [0.25, 0.3) is 6.08 Å². The number of thioether (sulfide) groups is 1. The van der Waals surface area contributed by atoms with Gasteiger partial charge in [0.15, 0.2) is 5.84 Å². The quantitative estimate of drug-likeness (QED) is 0.650. The monoisotopic (exact) mass is 418 g/mol. The summed E-state index contributed by atoms with van der Waals surface area (Å²) in [5.74, 6) is 0.384. The summed E-state index contributed by atoms with van der Waals surface area (Å²) in [5.41, 5.74) is 2.13. The zero-order valence-corrected chi connectivity index (χ0v) is 17.6. The first kappa shape index (κ1) is 20.1. The van der Waals surface area contributed by atoms with Crippen LogP contribution in [0.4, 0.5) is 0 Å². The maximum atomic E-state index is 12.5. The van der Waals surface area contributed by atoms with Gasteiger partial charge >= 0.3 is 0 Å². The third kappa shape index (κ3) is 4.21. The number of fused-ring (bicyclic) bond motifs is 1. The van der Waals surface area contributed by atoms with Crippen LogP contribution in [0.3, 0.4) is 0 Å². The van der Waals surface area contributed by atoms with Crippen LogP contribution in [-0.4, -0.2) is 27.0 Å². The normalized spacial score (nSPS) is 18.2. The van der Waals surface area contributed by atoms with Crippen molar-refractivity contribution in [3.63, 3.8) is 0 Å². The largest absolute Gasteiger partial charge is 0.486 e. The number of hydrazone groups is 1. The van der Waals surface area contributed by atoms with Crippen molar-refractivity contribution in [2.45, 2.75) is 32.8 Å². The minimum Gasteiger partial charge on any atom is -0.486 e.